The number of rotatable bonds is 4. The van der Waals surface area contributed by atoms with Crippen molar-refractivity contribution >= 4 is 39.8 Å². The third-order valence-electron chi connectivity index (χ3n) is 6.35. The SMILES string of the molecule is Cc1c(Cl)c(C(F)(F)F)nn1[C@H](C)C(=O)Nc1sc2c(c1C(=O)N1CCOCC1)CC[C@H](C)C2. The Kier molecular flexibility index (Phi) is 6.99. The number of fused-ring (bicyclic) bond motifs is 1. The van der Waals surface area contributed by atoms with Crippen molar-refractivity contribution in [1.82, 2.24) is 14.7 Å². The van der Waals surface area contributed by atoms with Gasteiger partial charge in [0.15, 0.2) is 5.69 Å². The first-order valence-electron chi connectivity index (χ1n) is 11.1. The second-order valence-electron chi connectivity index (χ2n) is 8.82. The lowest BCUT2D eigenvalue weighted by Gasteiger charge is -2.28. The van der Waals surface area contributed by atoms with Gasteiger partial charge in [0.1, 0.15) is 11.0 Å². The third kappa shape index (κ3) is 4.70. The lowest BCUT2D eigenvalue weighted by Crippen LogP contribution is -2.41. The predicted molar refractivity (Wildman–Crippen MR) is 123 cm³/mol. The van der Waals surface area contributed by atoms with Crippen molar-refractivity contribution < 1.29 is 27.5 Å². The Morgan fingerprint density at radius 1 is 1.29 bits per heavy atom. The van der Waals surface area contributed by atoms with Crippen LogP contribution in [0.4, 0.5) is 18.2 Å². The highest BCUT2D eigenvalue weighted by molar-refractivity contribution is 7.17. The van der Waals surface area contributed by atoms with E-state index in [2.05, 4.69) is 17.3 Å². The number of carbonyl (C=O) groups is 2. The molecule has 2 aromatic heterocycles. The molecular weight excluding hydrogens is 493 g/mol. The van der Waals surface area contributed by atoms with Gasteiger partial charge in [-0.3, -0.25) is 14.3 Å². The Morgan fingerprint density at radius 2 is 1.97 bits per heavy atom. The summed E-state index contributed by atoms with van der Waals surface area (Å²) in [6.07, 6.45) is -2.23. The predicted octanol–water partition coefficient (Wildman–Crippen LogP) is 4.72. The van der Waals surface area contributed by atoms with Crippen molar-refractivity contribution in [2.75, 3.05) is 31.6 Å². The average molecular weight is 519 g/mol. The van der Waals surface area contributed by atoms with Gasteiger partial charge in [-0.2, -0.15) is 18.3 Å². The number of amides is 2. The molecule has 3 heterocycles. The molecule has 1 aliphatic heterocycles. The van der Waals surface area contributed by atoms with Gasteiger partial charge >= 0.3 is 6.18 Å². The summed E-state index contributed by atoms with van der Waals surface area (Å²) >= 11 is 7.22. The minimum Gasteiger partial charge on any atom is -0.378 e. The van der Waals surface area contributed by atoms with Crippen molar-refractivity contribution in [3.8, 4) is 0 Å². The number of nitrogens with one attached hydrogen (secondary N) is 1. The van der Waals surface area contributed by atoms with E-state index in [-0.39, 0.29) is 11.6 Å². The molecule has 2 atom stereocenters. The quantitative estimate of drug-likeness (QED) is 0.635. The largest absolute Gasteiger partial charge is 0.436 e. The van der Waals surface area contributed by atoms with E-state index in [1.54, 1.807) is 4.90 Å². The minimum atomic E-state index is -4.73. The summed E-state index contributed by atoms with van der Waals surface area (Å²) in [6.45, 7) is 6.82. The van der Waals surface area contributed by atoms with E-state index in [1.807, 2.05) is 0 Å². The van der Waals surface area contributed by atoms with E-state index in [0.29, 0.717) is 42.8 Å². The van der Waals surface area contributed by atoms with Crippen LogP contribution in [0.15, 0.2) is 0 Å². The van der Waals surface area contributed by atoms with Crippen LogP contribution < -0.4 is 5.32 Å². The number of hydrogen-bond donors (Lipinski definition) is 1. The highest BCUT2D eigenvalue weighted by Gasteiger charge is 2.39. The van der Waals surface area contributed by atoms with Crippen LogP contribution in [0.5, 0.6) is 0 Å². The highest BCUT2D eigenvalue weighted by atomic mass is 35.5. The van der Waals surface area contributed by atoms with Crippen LogP contribution in [0, 0.1) is 12.8 Å². The molecule has 0 radical (unpaired) electrons. The summed E-state index contributed by atoms with van der Waals surface area (Å²) < 4.78 is 46.0. The molecule has 12 heteroatoms. The molecule has 0 bridgehead atoms. The average Bonchev–Trinajstić information content (AvgIpc) is 3.29. The summed E-state index contributed by atoms with van der Waals surface area (Å²) in [5, 5.41) is 6.27. The van der Waals surface area contributed by atoms with Gasteiger partial charge in [-0.1, -0.05) is 18.5 Å². The summed E-state index contributed by atoms with van der Waals surface area (Å²) in [4.78, 5) is 29.3. The van der Waals surface area contributed by atoms with Gasteiger partial charge < -0.3 is 15.0 Å². The third-order valence-corrected chi connectivity index (χ3v) is 7.97. The minimum absolute atomic E-state index is 0.0422. The molecule has 4 rings (SSSR count). The molecule has 1 N–H and O–H groups in total. The fourth-order valence-electron chi connectivity index (χ4n) is 4.37. The molecular formula is C22H26ClF3N4O3S. The number of aromatic nitrogens is 2. The number of anilines is 1. The maximum atomic E-state index is 13.4. The number of carbonyl (C=O) groups excluding carboxylic acids is 2. The van der Waals surface area contributed by atoms with Crippen LogP contribution in [-0.2, 0) is 28.5 Å². The topological polar surface area (TPSA) is 76.5 Å². The summed E-state index contributed by atoms with van der Waals surface area (Å²) in [5.74, 6) is -0.260. The maximum absolute atomic E-state index is 13.4. The van der Waals surface area contributed by atoms with Gasteiger partial charge in [-0.05, 0) is 44.6 Å². The summed E-state index contributed by atoms with van der Waals surface area (Å²) in [7, 11) is 0. The number of nitrogens with zero attached hydrogens (tertiary/aromatic N) is 3. The Bertz CT molecular complexity index is 1110. The fourth-order valence-corrected chi connectivity index (χ4v) is 6.01. The Balaban J connectivity index is 1.64. The zero-order valence-electron chi connectivity index (χ0n) is 19.1. The number of alkyl halides is 3. The van der Waals surface area contributed by atoms with E-state index in [1.165, 1.54) is 25.2 Å². The van der Waals surface area contributed by atoms with Crippen LogP contribution in [0.3, 0.4) is 0 Å². The number of morpholine rings is 1. The Hall–Kier alpha value is -2.11. The first-order valence-corrected chi connectivity index (χ1v) is 12.3. The second kappa shape index (κ2) is 9.50. The van der Waals surface area contributed by atoms with Gasteiger partial charge in [0.25, 0.3) is 5.91 Å². The maximum Gasteiger partial charge on any atom is 0.436 e. The van der Waals surface area contributed by atoms with Crippen LogP contribution in [-0.4, -0.2) is 52.8 Å². The normalized spacial score (nSPS) is 19.6. The molecule has 2 aromatic rings. The zero-order chi connectivity index (χ0) is 24.8. The number of thiophene rings is 1. The molecule has 2 amide bonds. The smallest absolute Gasteiger partial charge is 0.378 e. The number of halogens is 4. The van der Waals surface area contributed by atoms with Crippen molar-refractivity contribution in [1.29, 1.82) is 0 Å². The Labute approximate surface area is 204 Å². The van der Waals surface area contributed by atoms with Crippen molar-refractivity contribution in [3.05, 3.63) is 32.4 Å². The highest BCUT2D eigenvalue weighted by Crippen LogP contribution is 2.41. The van der Waals surface area contributed by atoms with E-state index >= 15 is 0 Å². The van der Waals surface area contributed by atoms with Crippen molar-refractivity contribution in [2.45, 2.75) is 52.3 Å². The standard InChI is InChI=1S/C22H26ClF3N4O3S/c1-11-4-5-14-15(10-11)34-20(16(14)21(32)29-6-8-33-9-7-29)27-19(31)13(3)30-12(2)17(23)18(28-30)22(24,25)26/h11,13H,4-10H2,1-3H3,(H,27,31)/t11-,13+/m0/s1. The molecule has 1 fully saturated rings. The first kappa shape index (κ1) is 25.0. The van der Waals surface area contributed by atoms with Crippen LogP contribution in [0.25, 0.3) is 0 Å². The van der Waals surface area contributed by atoms with Crippen LogP contribution >= 0.6 is 22.9 Å². The molecule has 2 aliphatic rings. The second-order valence-corrected chi connectivity index (χ2v) is 10.3. The summed E-state index contributed by atoms with van der Waals surface area (Å²) in [6, 6.07) is -1.07. The molecule has 0 unspecified atom stereocenters. The molecule has 7 nitrogen and oxygen atoms in total. The van der Waals surface area contributed by atoms with Crippen LogP contribution in [0.2, 0.25) is 5.02 Å². The van der Waals surface area contributed by atoms with E-state index < -0.39 is 28.8 Å². The first-order chi connectivity index (χ1) is 16.0. The lowest BCUT2D eigenvalue weighted by atomic mass is 9.88. The van der Waals surface area contributed by atoms with Crippen molar-refractivity contribution in [3.63, 3.8) is 0 Å². The van der Waals surface area contributed by atoms with E-state index in [0.717, 1.165) is 34.4 Å². The molecule has 186 valence electrons. The monoisotopic (exact) mass is 518 g/mol. The molecule has 34 heavy (non-hydrogen) atoms. The van der Waals surface area contributed by atoms with Crippen molar-refractivity contribution in [2.24, 2.45) is 5.92 Å². The van der Waals surface area contributed by atoms with E-state index in [4.69, 9.17) is 16.3 Å². The fraction of sp³-hybridized carbons (Fsp3) is 0.591. The van der Waals surface area contributed by atoms with Gasteiger partial charge in [0.2, 0.25) is 5.91 Å². The lowest BCUT2D eigenvalue weighted by molar-refractivity contribution is -0.141. The van der Waals surface area contributed by atoms with Crippen LogP contribution in [0.1, 0.15) is 58.5 Å². The molecule has 1 aliphatic carbocycles. The van der Waals surface area contributed by atoms with Gasteiger partial charge in [0, 0.05) is 18.0 Å². The molecule has 0 saturated carbocycles. The summed E-state index contributed by atoms with van der Waals surface area (Å²) in [5.41, 5.74) is 0.261. The van der Waals surface area contributed by atoms with Gasteiger partial charge in [-0.15, -0.1) is 11.3 Å². The van der Waals surface area contributed by atoms with Gasteiger partial charge in [0.05, 0.1) is 29.5 Å². The zero-order valence-corrected chi connectivity index (χ0v) is 20.7. The molecule has 0 aromatic carbocycles. The molecule has 0 spiro atoms. The van der Waals surface area contributed by atoms with E-state index in [9.17, 15) is 22.8 Å². The molecule has 1 saturated heterocycles. The number of hydrogen-bond acceptors (Lipinski definition) is 5. The number of ether oxygens (including phenoxy) is 1. The Morgan fingerprint density at radius 3 is 2.59 bits per heavy atom. The van der Waals surface area contributed by atoms with Gasteiger partial charge in [-0.25, -0.2) is 0 Å².